The van der Waals surface area contributed by atoms with Crippen molar-refractivity contribution in [1.29, 1.82) is 0 Å². The summed E-state index contributed by atoms with van der Waals surface area (Å²) in [5.41, 5.74) is 10.8. The molecule has 0 aliphatic rings. The number of nitrogens with two attached hydrogens (primary N) is 2. The molecular formula is C14H28N4O3. The number of nitrogens with one attached hydrogen (secondary N) is 2. The van der Waals surface area contributed by atoms with Gasteiger partial charge in [0.05, 0.1) is 12.1 Å². The van der Waals surface area contributed by atoms with E-state index in [9.17, 15) is 14.4 Å². The Bertz CT molecular complexity index is 369. The Morgan fingerprint density at radius 3 is 2.10 bits per heavy atom. The molecule has 0 saturated carbocycles. The van der Waals surface area contributed by atoms with Crippen molar-refractivity contribution in [2.45, 2.75) is 52.6 Å². The van der Waals surface area contributed by atoms with Crippen LogP contribution in [0.2, 0.25) is 0 Å². The second-order valence-corrected chi connectivity index (χ2v) is 5.82. The van der Waals surface area contributed by atoms with Gasteiger partial charge in [0.25, 0.3) is 0 Å². The molecule has 6 N–H and O–H groups in total. The maximum atomic E-state index is 12.1. The van der Waals surface area contributed by atoms with Gasteiger partial charge in [-0.05, 0) is 18.8 Å². The van der Waals surface area contributed by atoms with Gasteiger partial charge in [0, 0.05) is 12.5 Å². The van der Waals surface area contributed by atoms with Crippen LogP contribution in [0.15, 0.2) is 0 Å². The van der Waals surface area contributed by atoms with Crippen molar-refractivity contribution in [2.75, 3.05) is 6.54 Å². The first kappa shape index (κ1) is 19.4. The molecule has 0 bridgehead atoms. The van der Waals surface area contributed by atoms with E-state index in [-0.39, 0.29) is 23.5 Å². The fraction of sp³-hybridized carbons (Fsp3) is 0.786. The van der Waals surface area contributed by atoms with Crippen molar-refractivity contribution >= 4 is 17.7 Å². The smallest absolute Gasteiger partial charge is 0.312 e. The van der Waals surface area contributed by atoms with Crippen molar-refractivity contribution < 1.29 is 14.4 Å². The standard InChI is InChI=1S/C14H28N4O3/c1-8(2)11(15)13(20)18-10(12(19)9(3)4)6-5-7-17-14(16)21/h8-11H,5-7,15H2,1-4H3,(H,18,20)(H3,16,17,21)/t10-,11-/m0/s1. The van der Waals surface area contributed by atoms with E-state index in [0.717, 1.165) is 0 Å². The Morgan fingerprint density at radius 1 is 1.10 bits per heavy atom. The molecule has 0 aliphatic heterocycles. The van der Waals surface area contributed by atoms with Crippen molar-refractivity contribution in [1.82, 2.24) is 10.6 Å². The maximum absolute atomic E-state index is 12.1. The molecule has 0 unspecified atom stereocenters. The topological polar surface area (TPSA) is 127 Å². The van der Waals surface area contributed by atoms with E-state index in [1.54, 1.807) is 13.8 Å². The second-order valence-electron chi connectivity index (χ2n) is 5.82. The molecule has 7 heteroatoms. The van der Waals surface area contributed by atoms with Gasteiger partial charge in [0.2, 0.25) is 5.91 Å². The van der Waals surface area contributed by atoms with Crippen LogP contribution in [-0.2, 0) is 9.59 Å². The molecule has 0 aliphatic carbocycles. The Labute approximate surface area is 126 Å². The number of carbonyl (C=O) groups is 3. The van der Waals surface area contributed by atoms with E-state index in [1.807, 2.05) is 13.8 Å². The van der Waals surface area contributed by atoms with Crippen LogP contribution in [0.3, 0.4) is 0 Å². The monoisotopic (exact) mass is 300 g/mol. The Hall–Kier alpha value is -1.63. The third-order valence-corrected chi connectivity index (χ3v) is 3.22. The lowest BCUT2D eigenvalue weighted by Gasteiger charge is -2.23. The quantitative estimate of drug-likeness (QED) is 0.451. The molecule has 2 atom stereocenters. The summed E-state index contributed by atoms with van der Waals surface area (Å²) in [7, 11) is 0. The van der Waals surface area contributed by atoms with Crippen LogP contribution in [0.25, 0.3) is 0 Å². The van der Waals surface area contributed by atoms with Gasteiger partial charge in [-0.1, -0.05) is 27.7 Å². The molecule has 0 saturated heterocycles. The molecule has 0 aromatic carbocycles. The van der Waals surface area contributed by atoms with E-state index < -0.39 is 18.1 Å². The predicted molar refractivity (Wildman–Crippen MR) is 81.4 cm³/mol. The second kappa shape index (κ2) is 9.33. The minimum atomic E-state index is -0.642. The molecular weight excluding hydrogens is 272 g/mol. The molecule has 0 rings (SSSR count). The van der Waals surface area contributed by atoms with Crippen molar-refractivity contribution in [3.63, 3.8) is 0 Å². The minimum Gasteiger partial charge on any atom is -0.352 e. The SMILES string of the molecule is CC(C)C(=O)[C@H](CCCNC(N)=O)NC(=O)[C@@H](N)C(C)C. The summed E-state index contributed by atoms with van der Waals surface area (Å²) in [5, 5.41) is 5.16. The molecule has 0 aromatic heterocycles. The van der Waals surface area contributed by atoms with Crippen LogP contribution in [0.5, 0.6) is 0 Å². The van der Waals surface area contributed by atoms with Crippen LogP contribution in [0.1, 0.15) is 40.5 Å². The van der Waals surface area contributed by atoms with E-state index in [4.69, 9.17) is 11.5 Å². The van der Waals surface area contributed by atoms with Crippen molar-refractivity contribution in [3.05, 3.63) is 0 Å². The van der Waals surface area contributed by atoms with Gasteiger partial charge in [0.15, 0.2) is 5.78 Å². The Morgan fingerprint density at radius 2 is 1.67 bits per heavy atom. The van der Waals surface area contributed by atoms with Gasteiger partial charge in [-0.2, -0.15) is 0 Å². The third kappa shape index (κ3) is 7.65. The highest BCUT2D eigenvalue weighted by Gasteiger charge is 2.26. The average Bonchev–Trinajstić information content (AvgIpc) is 2.39. The number of hydrogen-bond donors (Lipinski definition) is 4. The largest absolute Gasteiger partial charge is 0.352 e. The first-order valence-electron chi connectivity index (χ1n) is 7.29. The number of hydrogen-bond acceptors (Lipinski definition) is 4. The average molecular weight is 300 g/mol. The van der Waals surface area contributed by atoms with Gasteiger partial charge in [0.1, 0.15) is 0 Å². The summed E-state index contributed by atoms with van der Waals surface area (Å²) >= 11 is 0. The van der Waals surface area contributed by atoms with Gasteiger partial charge in [-0.15, -0.1) is 0 Å². The molecule has 21 heavy (non-hydrogen) atoms. The number of amides is 3. The summed E-state index contributed by atoms with van der Waals surface area (Å²) in [5.74, 6) is -0.559. The highest BCUT2D eigenvalue weighted by Crippen LogP contribution is 2.07. The van der Waals surface area contributed by atoms with E-state index in [1.165, 1.54) is 0 Å². The molecule has 7 nitrogen and oxygen atoms in total. The zero-order chi connectivity index (χ0) is 16.6. The van der Waals surface area contributed by atoms with Crippen LogP contribution in [-0.4, -0.2) is 36.3 Å². The summed E-state index contributed by atoms with van der Waals surface area (Å²) in [6.07, 6.45) is 0.983. The summed E-state index contributed by atoms with van der Waals surface area (Å²) < 4.78 is 0. The third-order valence-electron chi connectivity index (χ3n) is 3.22. The van der Waals surface area contributed by atoms with Gasteiger partial charge < -0.3 is 22.1 Å². The van der Waals surface area contributed by atoms with Gasteiger partial charge in [-0.25, -0.2) is 4.79 Å². The lowest BCUT2D eigenvalue weighted by atomic mass is 9.96. The zero-order valence-corrected chi connectivity index (χ0v) is 13.3. The van der Waals surface area contributed by atoms with Gasteiger partial charge in [-0.3, -0.25) is 9.59 Å². The lowest BCUT2D eigenvalue weighted by Crippen LogP contribution is -2.51. The maximum Gasteiger partial charge on any atom is 0.312 e. The number of ketones is 1. The fourth-order valence-corrected chi connectivity index (χ4v) is 1.78. The zero-order valence-electron chi connectivity index (χ0n) is 13.3. The number of urea groups is 1. The highest BCUT2D eigenvalue weighted by atomic mass is 16.2. The molecule has 0 radical (unpaired) electrons. The predicted octanol–water partition coefficient (Wildman–Crippen LogP) is 0.128. The molecule has 3 amide bonds. The summed E-state index contributed by atoms with van der Waals surface area (Å²) in [4.78, 5) is 34.7. The van der Waals surface area contributed by atoms with E-state index in [2.05, 4.69) is 10.6 Å². The minimum absolute atomic E-state index is 0.00340. The Balaban J connectivity index is 4.57. The van der Waals surface area contributed by atoms with Crippen LogP contribution < -0.4 is 22.1 Å². The first-order chi connectivity index (χ1) is 9.66. The number of Topliss-reactive ketones (excluding diaryl/α,β-unsaturated/α-hetero) is 1. The van der Waals surface area contributed by atoms with E-state index >= 15 is 0 Å². The number of rotatable bonds is 9. The molecule has 0 aromatic rings. The van der Waals surface area contributed by atoms with Crippen molar-refractivity contribution in [2.24, 2.45) is 23.3 Å². The van der Waals surface area contributed by atoms with Crippen LogP contribution in [0.4, 0.5) is 4.79 Å². The van der Waals surface area contributed by atoms with Crippen LogP contribution >= 0.6 is 0 Å². The van der Waals surface area contributed by atoms with E-state index in [0.29, 0.717) is 19.4 Å². The first-order valence-corrected chi connectivity index (χ1v) is 7.29. The lowest BCUT2D eigenvalue weighted by molar-refractivity contribution is -0.130. The van der Waals surface area contributed by atoms with Gasteiger partial charge >= 0.3 is 6.03 Å². The summed E-state index contributed by atoms with van der Waals surface area (Å²) in [6, 6.07) is -1.83. The van der Waals surface area contributed by atoms with Crippen LogP contribution in [0, 0.1) is 11.8 Å². The highest BCUT2D eigenvalue weighted by molar-refractivity contribution is 5.91. The molecule has 0 fully saturated rings. The fourth-order valence-electron chi connectivity index (χ4n) is 1.78. The number of primary amides is 1. The molecule has 0 spiro atoms. The van der Waals surface area contributed by atoms with Crippen molar-refractivity contribution in [3.8, 4) is 0 Å². The Kier molecular flexibility index (Phi) is 8.61. The molecule has 122 valence electrons. The molecule has 0 heterocycles. The normalized spacial score (nSPS) is 13.9. The summed E-state index contributed by atoms with van der Waals surface area (Å²) in [6.45, 7) is 7.63. The number of carbonyl (C=O) groups excluding carboxylic acids is 3.